The average Bonchev–Trinajstić information content (AvgIpc) is 2.87. The third-order valence-corrected chi connectivity index (χ3v) is 4.74. The first-order valence-electron chi connectivity index (χ1n) is 7.60. The molecule has 0 N–H and O–H groups in total. The molecular formula is C14H19F3N4O. The Morgan fingerprint density at radius 2 is 2.00 bits per heavy atom. The van der Waals surface area contributed by atoms with Crippen LogP contribution in [0.2, 0.25) is 0 Å². The molecule has 1 fully saturated rings. The van der Waals surface area contributed by atoms with Gasteiger partial charge >= 0.3 is 6.18 Å². The number of halogens is 3. The van der Waals surface area contributed by atoms with Gasteiger partial charge in [-0.1, -0.05) is 6.42 Å². The molecule has 1 aromatic heterocycles. The Bertz CT molecular complexity index is 569. The summed E-state index contributed by atoms with van der Waals surface area (Å²) in [6, 6.07) is 0. The van der Waals surface area contributed by atoms with Gasteiger partial charge in [-0.2, -0.15) is 13.2 Å². The minimum Gasteiger partial charge on any atom is -0.333 e. The molecule has 0 spiro atoms. The predicted molar refractivity (Wildman–Crippen MR) is 71.7 cm³/mol. The lowest BCUT2D eigenvalue weighted by molar-refractivity contribution is -0.187. The van der Waals surface area contributed by atoms with Gasteiger partial charge in [0.25, 0.3) is 0 Å². The maximum atomic E-state index is 12.9. The van der Waals surface area contributed by atoms with Crippen LogP contribution in [-0.2, 0) is 17.9 Å². The monoisotopic (exact) mass is 316 g/mol. The first-order valence-corrected chi connectivity index (χ1v) is 7.60. The van der Waals surface area contributed by atoms with Crippen molar-refractivity contribution < 1.29 is 18.0 Å². The minimum atomic E-state index is -4.20. The van der Waals surface area contributed by atoms with Crippen LogP contribution in [-0.4, -0.2) is 38.3 Å². The summed E-state index contributed by atoms with van der Waals surface area (Å²) in [4.78, 5) is 14.2. The fourth-order valence-corrected chi connectivity index (χ4v) is 3.46. The normalized spacial score (nSPS) is 25.9. The van der Waals surface area contributed by atoms with Crippen LogP contribution in [0.1, 0.15) is 37.3 Å². The molecule has 1 aliphatic heterocycles. The lowest BCUT2D eigenvalue weighted by atomic mass is 9.80. The van der Waals surface area contributed by atoms with Gasteiger partial charge in [-0.25, -0.2) is 0 Å². The number of nitrogens with zero attached hydrogens (tertiary/aromatic N) is 4. The first kappa shape index (κ1) is 15.3. The summed E-state index contributed by atoms with van der Waals surface area (Å²) in [6.45, 7) is 3.31. The molecule has 0 unspecified atom stereocenters. The van der Waals surface area contributed by atoms with Crippen molar-refractivity contribution in [3.63, 3.8) is 0 Å². The number of hydrogen-bond acceptors (Lipinski definition) is 3. The van der Waals surface area contributed by atoms with E-state index in [-0.39, 0.29) is 18.7 Å². The molecular weight excluding hydrogens is 297 g/mol. The van der Waals surface area contributed by atoms with E-state index in [1.165, 1.54) is 0 Å². The Balaban J connectivity index is 1.67. The zero-order valence-corrected chi connectivity index (χ0v) is 12.4. The second-order valence-corrected chi connectivity index (χ2v) is 6.18. The standard InChI is InChI=1S/C14H19F3N4O/c1-9-18-19-12-8-20(5-6-21(9)12)13(22)10-3-2-4-11(7-10)14(15,16)17/h10-11H,2-8H2,1H3/t10-,11+/m0/s1. The van der Waals surface area contributed by atoms with E-state index in [4.69, 9.17) is 0 Å². The summed E-state index contributed by atoms with van der Waals surface area (Å²) < 4.78 is 40.6. The van der Waals surface area contributed by atoms with Crippen LogP contribution in [0.5, 0.6) is 0 Å². The molecule has 1 amide bonds. The molecule has 22 heavy (non-hydrogen) atoms. The molecule has 3 rings (SSSR count). The van der Waals surface area contributed by atoms with E-state index in [1.54, 1.807) is 4.90 Å². The maximum Gasteiger partial charge on any atom is 0.391 e. The van der Waals surface area contributed by atoms with Crippen molar-refractivity contribution in [2.75, 3.05) is 6.54 Å². The first-order chi connectivity index (χ1) is 10.4. The number of rotatable bonds is 1. The van der Waals surface area contributed by atoms with Crippen LogP contribution in [0.3, 0.4) is 0 Å². The molecule has 8 heteroatoms. The Hall–Kier alpha value is -1.60. The second kappa shape index (κ2) is 5.55. The van der Waals surface area contributed by atoms with Crippen LogP contribution in [0.25, 0.3) is 0 Å². The summed E-state index contributed by atoms with van der Waals surface area (Å²) in [7, 11) is 0. The van der Waals surface area contributed by atoms with Gasteiger partial charge in [-0.05, 0) is 26.2 Å². The molecule has 2 atom stereocenters. The molecule has 0 radical (unpaired) electrons. The predicted octanol–water partition coefficient (Wildman–Crippen LogP) is 2.30. The molecule has 1 saturated carbocycles. The number of alkyl halides is 3. The van der Waals surface area contributed by atoms with Crippen LogP contribution >= 0.6 is 0 Å². The zero-order chi connectivity index (χ0) is 15.9. The number of carbonyl (C=O) groups is 1. The van der Waals surface area contributed by atoms with Gasteiger partial charge in [-0.3, -0.25) is 4.79 Å². The van der Waals surface area contributed by atoms with E-state index in [0.29, 0.717) is 38.3 Å². The van der Waals surface area contributed by atoms with Crippen molar-refractivity contribution in [2.24, 2.45) is 11.8 Å². The fraction of sp³-hybridized carbons (Fsp3) is 0.786. The van der Waals surface area contributed by atoms with Gasteiger partial charge in [0.2, 0.25) is 5.91 Å². The number of carbonyl (C=O) groups excluding carboxylic acids is 1. The van der Waals surface area contributed by atoms with Crippen LogP contribution in [0.15, 0.2) is 0 Å². The minimum absolute atomic E-state index is 0.0788. The number of hydrogen-bond donors (Lipinski definition) is 0. The Morgan fingerprint density at radius 1 is 1.23 bits per heavy atom. The van der Waals surface area contributed by atoms with E-state index >= 15 is 0 Å². The van der Waals surface area contributed by atoms with Crippen molar-refractivity contribution in [2.45, 2.75) is 51.9 Å². The molecule has 1 aliphatic carbocycles. The number of aromatic nitrogens is 3. The smallest absolute Gasteiger partial charge is 0.333 e. The second-order valence-electron chi connectivity index (χ2n) is 6.18. The Morgan fingerprint density at radius 3 is 2.73 bits per heavy atom. The fourth-order valence-electron chi connectivity index (χ4n) is 3.46. The van der Waals surface area contributed by atoms with Gasteiger partial charge in [0.05, 0.1) is 12.5 Å². The van der Waals surface area contributed by atoms with Crippen molar-refractivity contribution in [1.29, 1.82) is 0 Å². The molecule has 2 heterocycles. The van der Waals surface area contributed by atoms with Crippen molar-refractivity contribution >= 4 is 5.91 Å². The molecule has 1 aromatic rings. The third-order valence-electron chi connectivity index (χ3n) is 4.74. The van der Waals surface area contributed by atoms with Gasteiger partial charge in [0.15, 0.2) is 5.82 Å². The quantitative estimate of drug-likeness (QED) is 0.799. The summed E-state index contributed by atoms with van der Waals surface area (Å²) in [5.41, 5.74) is 0. The third kappa shape index (κ3) is 2.83. The largest absolute Gasteiger partial charge is 0.391 e. The van der Waals surface area contributed by atoms with Gasteiger partial charge in [0.1, 0.15) is 5.82 Å². The van der Waals surface area contributed by atoms with Crippen LogP contribution in [0, 0.1) is 18.8 Å². The highest BCUT2D eigenvalue weighted by Crippen LogP contribution is 2.40. The topological polar surface area (TPSA) is 51.0 Å². The Kier molecular flexibility index (Phi) is 3.86. The van der Waals surface area contributed by atoms with Gasteiger partial charge < -0.3 is 9.47 Å². The van der Waals surface area contributed by atoms with Crippen molar-refractivity contribution in [3.8, 4) is 0 Å². The maximum absolute atomic E-state index is 12.9. The van der Waals surface area contributed by atoms with Crippen molar-refractivity contribution in [1.82, 2.24) is 19.7 Å². The highest BCUT2D eigenvalue weighted by molar-refractivity contribution is 5.79. The van der Waals surface area contributed by atoms with E-state index < -0.39 is 18.0 Å². The number of fused-ring (bicyclic) bond motifs is 1. The lowest BCUT2D eigenvalue weighted by Gasteiger charge is -2.35. The van der Waals surface area contributed by atoms with Gasteiger partial charge in [-0.15, -0.1) is 10.2 Å². The van der Waals surface area contributed by atoms with Crippen LogP contribution < -0.4 is 0 Å². The van der Waals surface area contributed by atoms with E-state index in [1.807, 2.05) is 11.5 Å². The SMILES string of the molecule is Cc1nnc2n1CCN(C(=O)[C@H]1CCC[C@@H](C(F)(F)F)C1)C2. The number of aryl methyl sites for hydroxylation is 1. The highest BCUT2D eigenvalue weighted by atomic mass is 19.4. The van der Waals surface area contributed by atoms with Crippen molar-refractivity contribution in [3.05, 3.63) is 11.6 Å². The average molecular weight is 316 g/mol. The van der Waals surface area contributed by atoms with Gasteiger partial charge in [0, 0.05) is 19.0 Å². The Labute approximate surface area is 126 Å². The molecule has 0 aromatic carbocycles. The molecule has 0 saturated heterocycles. The highest BCUT2D eigenvalue weighted by Gasteiger charge is 2.44. The summed E-state index contributed by atoms with van der Waals surface area (Å²) in [5.74, 6) is -0.514. The summed E-state index contributed by atoms with van der Waals surface area (Å²) in [5, 5.41) is 8.00. The summed E-state index contributed by atoms with van der Waals surface area (Å²) in [6.07, 6.45) is -3.12. The molecule has 2 aliphatic rings. The zero-order valence-electron chi connectivity index (χ0n) is 12.4. The van der Waals surface area contributed by atoms with E-state index in [2.05, 4.69) is 10.2 Å². The summed E-state index contributed by atoms with van der Waals surface area (Å²) >= 11 is 0. The molecule has 122 valence electrons. The number of amides is 1. The molecule has 5 nitrogen and oxygen atoms in total. The van der Waals surface area contributed by atoms with E-state index in [0.717, 1.165) is 5.82 Å². The lowest BCUT2D eigenvalue weighted by Crippen LogP contribution is -2.44. The van der Waals surface area contributed by atoms with E-state index in [9.17, 15) is 18.0 Å². The van der Waals surface area contributed by atoms with Crippen LogP contribution in [0.4, 0.5) is 13.2 Å². The molecule has 0 bridgehead atoms.